The minimum absolute atomic E-state index is 0.155. The number of carbonyl (C=O) groups excluding carboxylic acids is 4. The summed E-state index contributed by atoms with van der Waals surface area (Å²) in [5.74, 6) is -2.06. The molecule has 1 rings (SSSR count). The lowest BCUT2D eigenvalue weighted by atomic mass is 9.92. The molecule has 1 aliphatic heterocycles. The van der Waals surface area contributed by atoms with Gasteiger partial charge in [-0.05, 0) is 40.0 Å². The summed E-state index contributed by atoms with van der Waals surface area (Å²) < 4.78 is 21.3. The third-order valence-corrected chi connectivity index (χ3v) is 4.69. The Morgan fingerprint density at radius 1 is 0.656 bits per heavy atom. The fourth-order valence-electron chi connectivity index (χ4n) is 2.66. The normalized spacial score (nSPS) is 13.5. The quantitative estimate of drug-likeness (QED) is 0.268. The molecule has 32 heavy (non-hydrogen) atoms. The van der Waals surface area contributed by atoms with E-state index in [1.54, 1.807) is 4.90 Å². The summed E-state index contributed by atoms with van der Waals surface area (Å²) in [5, 5.41) is 0. The molecule has 1 amide bonds. The molecular formula is C23H33NO8. The highest BCUT2D eigenvalue weighted by molar-refractivity contribution is 5.88. The number of amides is 1. The monoisotopic (exact) mass is 451 g/mol. The average Bonchev–Trinajstić information content (AvgIpc) is 2.77. The van der Waals surface area contributed by atoms with Gasteiger partial charge < -0.3 is 23.8 Å². The van der Waals surface area contributed by atoms with Crippen LogP contribution in [0.15, 0.2) is 36.5 Å². The van der Waals surface area contributed by atoms with E-state index in [4.69, 9.17) is 18.9 Å². The Kier molecular flexibility index (Phi) is 10.7. The van der Waals surface area contributed by atoms with Gasteiger partial charge in [0.25, 0.3) is 0 Å². The Morgan fingerprint density at radius 3 is 1.34 bits per heavy atom. The largest absolute Gasteiger partial charge is 0.461 e. The van der Waals surface area contributed by atoms with Crippen molar-refractivity contribution >= 4 is 24.0 Å². The summed E-state index contributed by atoms with van der Waals surface area (Å²) in [5.41, 5.74) is -0.876. The molecule has 0 atom stereocenters. The van der Waals surface area contributed by atoms with E-state index in [0.29, 0.717) is 13.1 Å². The van der Waals surface area contributed by atoms with E-state index >= 15 is 0 Å². The summed E-state index contributed by atoms with van der Waals surface area (Å²) in [6.07, 6.45) is 2.25. The molecule has 0 radical (unpaired) electrons. The van der Waals surface area contributed by atoms with Crippen molar-refractivity contribution in [1.29, 1.82) is 0 Å². The van der Waals surface area contributed by atoms with E-state index in [0.717, 1.165) is 19.3 Å². The van der Waals surface area contributed by atoms with Gasteiger partial charge in [0.1, 0.15) is 31.8 Å². The minimum atomic E-state index is -1.34. The van der Waals surface area contributed by atoms with Gasteiger partial charge in [-0.1, -0.05) is 19.7 Å². The number of likely N-dealkylation sites (tertiary alicyclic amines) is 1. The van der Waals surface area contributed by atoms with Gasteiger partial charge in [0, 0.05) is 29.8 Å². The number of hydrogen-bond donors (Lipinski definition) is 0. The van der Waals surface area contributed by atoms with Crippen molar-refractivity contribution in [3.8, 4) is 0 Å². The van der Waals surface area contributed by atoms with Gasteiger partial charge in [-0.3, -0.25) is 0 Å². The van der Waals surface area contributed by atoms with Crippen LogP contribution in [0.3, 0.4) is 0 Å². The van der Waals surface area contributed by atoms with E-state index in [-0.39, 0.29) is 43.1 Å². The van der Waals surface area contributed by atoms with Crippen LogP contribution in [0.25, 0.3) is 0 Å². The molecule has 0 aliphatic carbocycles. The molecule has 1 saturated heterocycles. The van der Waals surface area contributed by atoms with E-state index in [2.05, 4.69) is 19.7 Å². The first-order chi connectivity index (χ1) is 15.0. The molecule has 1 aliphatic rings. The second-order valence-corrected chi connectivity index (χ2v) is 8.17. The molecule has 0 unspecified atom stereocenters. The van der Waals surface area contributed by atoms with Gasteiger partial charge in [-0.25, -0.2) is 19.2 Å². The van der Waals surface area contributed by atoms with Crippen molar-refractivity contribution in [2.45, 2.75) is 40.0 Å². The molecule has 9 heteroatoms. The summed E-state index contributed by atoms with van der Waals surface area (Å²) >= 11 is 0. The zero-order valence-electron chi connectivity index (χ0n) is 19.2. The Balaban J connectivity index is 3.06. The van der Waals surface area contributed by atoms with Crippen molar-refractivity contribution in [2.24, 2.45) is 5.41 Å². The molecule has 0 aromatic heterocycles. The Hall–Kier alpha value is -3.10. The predicted octanol–water partition coefficient (Wildman–Crippen LogP) is 2.95. The van der Waals surface area contributed by atoms with Crippen LogP contribution in [0, 0.1) is 5.41 Å². The molecule has 0 N–H and O–H groups in total. The van der Waals surface area contributed by atoms with Crippen LogP contribution >= 0.6 is 0 Å². The fourth-order valence-corrected chi connectivity index (χ4v) is 2.66. The molecule has 0 bridgehead atoms. The first-order valence-electron chi connectivity index (χ1n) is 10.4. The molecule has 9 nitrogen and oxygen atoms in total. The SMILES string of the molecule is C=C(C)C(=O)OCC(COC(=O)C(=C)C)(COC(=O)C(=C)C)COC(=O)N1CCCCC1. The summed E-state index contributed by atoms with van der Waals surface area (Å²) in [6.45, 7) is 14.8. The summed E-state index contributed by atoms with van der Waals surface area (Å²) in [4.78, 5) is 50.1. The molecule has 178 valence electrons. The smallest absolute Gasteiger partial charge is 0.409 e. The Morgan fingerprint density at radius 2 is 1.00 bits per heavy atom. The zero-order chi connectivity index (χ0) is 24.3. The second-order valence-electron chi connectivity index (χ2n) is 8.17. The number of rotatable bonds is 11. The first kappa shape index (κ1) is 26.9. The van der Waals surface area contributed by atoms with Gasteiger partial charge in [0.05, 0.1) is 0 Å². The van der Waals surface area contributed by atoms with Crippen LogP contribution in [0.5, 0.6) is 0 Å². The summed E-state index contributed by atoms with van der Waals surface area (Å²) in [6, 6.07) is 0. The molecule has 0 spiro atoms. The highest BCUT2D eigenvalue weighted by Gasteiger charge is 2.38. The van der Waals surface area contributed by atoms with Gasteiger partial charge in [-0.15, -0.1) is 0 Å². The van der Waals surface area contributed by atoms with Crippen LogP contribution in [0.4, 0.5) is 4.79 Å². The fraction of sp³-hybridized carbons (Fsp3) is 0.565. The highest BCUT2D eigenvalue weighted by Crippen LogP contribution is 2.23. The van der Waals surface area contributed by atoms with Crippen LogP contribution in [0.1, 0.15) is 40.0 Å². The molecular weight excluding hydrogens is 418 g/mol. The van der Waals surface area contributed by atoms with Crippen molar-refractivity contribution in [1.82, 2.24) is 4.90 Å². The van der Waals surface area contributed by atoms with Crippen LogP contribution in [-0.4, -0.2) is 68.4 Å². The topological polar surface area (TPSA) is 108 Å². The van der Waals surface area contributed by atoms with Gasteiger partial charge in [0.15, 0.2) is 0 Å². The van der Waals surface area contributed by atoms with E-state index in [1.807, 2.05) is 0 Å². The van der Waals surface area contributed by atoms with Crippen molar-refractivity contribution < 1.29 is 38.1 Å². The minimum Gasteiger partial charge on any atom is -0.461 e. The van der Waals surface area contributed by atoms with E-state index in [9.17, 15) is 19.2 Å². The first-order valence-corrected chi connectivity index (χ1v) is 10.4. The predicted molar refractivity (Wildman–Crippen MR) is 117 cm³/mol. The maximum atomic E-state index is 12.5. The lowest BCUT2D eigenvalue weighted by Gasteiger charge is -2.33. The lowest BCUT2D eigenvalue weighted by molar-refractivity contribution is -0.160. The molecule has 0 aromatic rings. The number of carbonyl (C=O) groups is 4. The zero-order valence-corrected chi connectivity index (χ0v) is 19.2. The van der Waals surface area contributed by atoms with E-state index < -0.39 is 29.4 Å². The van der Waals surface area contributed by atoms with Crippen LogP contribution in [-0.2, 0) is 33.3 Å². The molecule has 0 aromatic carbocycles. The average molecular weight is 452 g/mol. The Bertz CT molecular complexity index is 690. The number of piperidine rings is 1. The van der Waals surface area contributed by atoms with Crippen LogP contribution in [0.2, 0.25) is 0 Å². The highest BCUT2D eigenvalue weighted by atomic mass is 16.6. The number of ether oxygens (including phenoxy) is 4. The third-order valence-electron chi connectivity index (χ3n) is 4.69. The second kappa shape index (κ2) is 12.7. The van der Waals surface area contributed by atoms with Crippen molar-refractivity contribution in [3.05, 3.63) is 36.5 Å². The van der Waals surface area contributed by atoms with Gasteiger partial charge in [-0.2, -0.15) is 0 Å². The number of hydrogen-bond acceptors (Lipinski definition) is 8. The maximum Gasteiger partial charge on any atom is 0.409 e. The molecule has 0 saturated carbocycles. The molecule has 1 fully saturated rings. The maximum absolute atomic E-state index is 12.5. The number of esters is 3. The molecule has 1 heterocycles. The van der Waals surface area contributed by atoms with Crippen molar-refractivity contribution in [2.75, 3.05) is 39.5 Å². The van der Waals surface area contributed by atoms with Gasteiger partial charge >= 0.3 is 24.0 Å². The van der Waals surface area contributed by atoms with Gasteiger partial charge in [0.2, 0.25) is 0 Å². The van der Waals surface area contributed by atoms with E-state index in [1.165, 1.54) is 20.8 Å². The lowest BCUT2D eigenvalue weighted by Crippen LogP contribution is -2.46. The standard InChI is InChI=1S/C23H33NO8/c1-16(2)19(25)29-12-23(13-30-20(26)17(3)4,14-31-21(27)18(5)6)15-32-22(28)24-10-8-7-9-11-24/h1,3,5,7-15H2,2,4,6H3. The Labute approximate surface area is 189 Å². The van der Waals surface area contributed by atoms with Crippen molar-refractivity contribution in [3.63, 3.8) is 0 Å². The third kappa shape index (κ3) is 8.95. The number of nitrogens with zero attached hydrogens (tertiary/aromatic N) is 1. The summed E-state index contributed by atoms with van der Waals surface area (Å²) in [7, 11) is 0. The van der Waals surface area contributed by atoms with Crippen LogP contribution < -0.4 is 0 Å².